The summed E-state index contributed by atoms with van der Waals surface area (Å²) in [4.78, 5) is 8.33. The van der Waals surface area contributed by atoms with Crippen molar-refractivity contribution in [2.75, 3.05) is 0 Å². The number of furan rings is 1. The van der Waals surface area contributed by atoms with Crippen molar-refractivity contribution < 1.29 is 4.42 Å². The van der Waals surface area contributed by atoms with Crippen molar-refractivity contribution >= 4 is 34.1 Å². The van der Waals surface area contributed by atoms with Crippen LogP contribution in [-0.4, -0.2) is 9.97 Å². The van der Waals surface area contributed by atoms with E-state index in [0.717, 1.165) is 10.9 Å². The van der Waals surface area contributed by atoms with Gasteiger partial charge in [0, 0.05) is 10.4 Å². The van der Waals surface area contributed by atoms with E-state index < -0.39 is 0 Å². The SMILES string of the molecule is Clc1ccc2nc(Cl)nc(-c3ccco3)c2c1. The zero-order valence-electron chi connectivity index (χ0n) is 8.52. The second-order valence-electron chi connectivity index (χ2n) is 3.48. The second-order valence-corrected chi connectivity index (χ2v) is 4.25. The van der Waals surface area contributed by atoms with Crippen molar-refractivity contribution in [1.29, 1.82) is 0 Å². The van der Waals surface area contributed by atoms with Gasteiger partial charge in [-0.25, -0.2) is 9.97 Å². The second kappa shape index (κ2) is 4.02. The maximum absolute atomic E-state index is 5.97. The maximum atomic E-state index is 5.97. The summed E-state index contributed by atoms with van der Waals surface area (Å²) in [5.41, 5.74) is 1.38. The van der Waals surface area contributed by atoms with Gasteiger partial charge in [-0.05, 0) is 41.9 Å². The van der Waals surface area contributed by atoms with Gasteiger partial charge in [0.15, 0.2) is 5.76 Å². The Morgan fingerprint density at radius 2 is 1.94 bits per heavy atom. The molecule has 0 saturated carbocycles. The number of fused-ring (bicyclic) bond motifs is 1. The molecular formula is C12H6Cl2N2O. The molecule has 0 aliphatic carbocycles. The molecule has 0 unspecified atom stereocenters. The number of hydrogen-bond acceptors (Lipinski definition) is 3. The molecule has 0 atom stereocenters. The molecule has 5 heteroatoms. The maximum Gasteiger partial charge on any atom is 0.223 e. The van der Waals surface area contributed by atoms with Crippen LogP contribution in [-0.2, 0) is 0 Å². The van der Waals surface area contributed by atoms with Gasteiger partial charge in [0.25, 0.3) is 0 Å². The van der Waals surface area contributed by atoms with Gasteiger partial charge in [0.05, 0.1) is 11.8 Å². The molecule has 0 amide bonds. The van der Waals surface area contributed by atoms with Crippen molar-refractivity contribution in [3.8, 4) is 11.5 Å². The fourth-order valence-electron chi connectivity index (χ4n) is 1.67. The topological polar surface area (TPSA) is 38.9 Å². The van der Waals surface area contributed by atoms with E-state index in [1.54, 1.807) is 30.5 Å². The van der Waals surface area contributed by atoms with Crippen LogP contribution in [0.2, 0.25) is 10.3 Å². The quantitative estimate of drug-likeness (QED) is 0.619. The van der Waals surface area contributed by atoms with Gasteiger partial charge in [0.1, 0.15) is 5.69 Å². The summed E-state index contributed by atoms with van der Waals surface area (Å²) in [7, 11) is 0. The highest BCUT2D eigenvalue weighted by atomic mass is 35.5. The van der Waals surface area contributed by atoms with Gasteiger partial charge >= 0.3 is 0 Å². The third kappa shape index (κ3) is 1.88. The first-order valence-corrected chi connectivity index (χ1v) is 5.66. The van der Waals surface area contributed by atoms with E-state index in [9.17, 15) is 0 Å². The molecule has 17 heavy (non-hydrogen) atoms. The first-order valence-electron chi connectivity index (χ1n) is 4.91. The summed E-state index contributed by atoms with van der Waals surface area (Å²) >= 11 is 11.9. The molecule has 1 aromatic carbocycles. The third-order valence-corrected chi connectivity index (χ3v) is 2.79. The van der Waals surface area contributed by atoms with Gasteiger partial charge < -0.3 is 4.42 Å². The third-order valence-electron chi connectivity index (χ3n) is 2.39. The van der Waals surface area contributed by atoms with Crippen LogP contribution in [0.15, 0.2) is 41.0 Å². The standard InChI is InChI=1S/C12H6Cl2N2O/c13-7-3-4-9-8(6-7)11(16-12(14)15-9)10-2-1-5-17-10/h1-6H. The molecule has 2 aromatic heterocycles. The van der Waals surface area contributed by atoms with Crippen LogP contribution in [0.4, 0.5) is 0 Å². The first kappa shape index (κ1) is 10.6. The fraction of sp³-hybridized carbons (Fsp3) is 0. The van der Waals surface area contributed by atoms with Gasteiger partial charge in [0.2, 0.25) is 5.28 Å². The van der Waals surface area contributed by atoms with Gasteiger partial charge in [-0.15, -0.1) is 0 Å². The molecule has 0 saturated heterocycles. The average molecular weight is 265 g/mol. The Morgan fingerprint density at radius 1 is 1.06 bits per heavy atom. The highest BCUT2D eigenvalue weighted by Gasteiger charge is 2.11. The van der Waals surface area contributed by atoms with Crippen molar-refractivity contribution in [2.24, 2.45) is 0 Å². The number of halogens is 2. The predicted octanol–water partition coefficient (Wildman–Crippen LogP) is 4.20. The van der Waals surface area contributed by atoms with Crippen LogP contribution in [0.25, 0.3) is 22.4 Å². The minimum absolute atomic E-state index is 0.186. The van der Waals surface area contributed by atoms with E-state index in [1.807, 2.05) is 6.07 Å². The molecular weight excluding hydrogens is 259 g/mol. The number of nitrogens with zero attached hydrogens (tertiary/aromatic N) is 2. The molecule has 2 heterocycles. The van der Waals surface area contributed by atoms with Crippen LogP contribution < -0.4 is 0 Å². The smallest absolute Gasteiger partial charge is 0.223 e. The van der Waals surface area contributed by atoms with Crippen LogP contribution in [0.5, 0.6) is 0 Å². The normalized spacial score (nSPS) is 10.9. The summed E-state index contributed by atoms with van der Waals surface area (Å²) in [6.07, 6.45) is 1.59. The largest absolute Gasteiger partial charge is 0.463 e. The molecule has 0 bridgehead atoms. The highest BCUT2D eigenvalue weighted by Crippen LogP contribution is 2.29. The Bertz CT molecular complexity index is 680. The molecule has 0 aliphatic rings. The lowest BCUT2D eigenvalue weighted by Gasteiger charge is -2.03. The van der Waals surface area contributed by atoms with Crippen LogP contribution in [0.1, 0.15) is 0 Å². The van der Waals surface area contributed by atoms with E-state index in [1.165, 1.54) is 0 Å². The van der Waals surface area contributed by atoms with Gasteiger partial charge in [-0.2, -0.15) is 0 Å². The molecule has 3 rings (SSSR count). The van der Waals surface area contributed by atoms with Crippen LogP contribution >= 0.6 is 23.2 Å². The molecule has 0 spiro atoms. The van der Waals surface area contributed by atoms with Crippen LogP contribution in [0, 0.1) is 0 Å². The molecule has 0 fully saturated rings. The summed E-state index contributed by atoms with van der Waals surface area (Å²) < 4.78 is 5.33. The molecule has 3 nitrogen and oxygen atoms in total. The Balaban J connectivity index is 2.39. The fourth-order valence-corrected chi connectivity index (χ4v) is 2.02. The molecule has 0 N–H and O–H groups in total. The van der Waals surface area contributed by atoms with Crippen molar-refractivity contribution in [2.45, 2.75) is 0 Å². The minimum Gasteiger partial charge on any atom is -0.463 e. The molecule has 0 aliphatic heterocycles. The minimum atomic E-state index is 0.186. The number of aromatic nitrogens is 2. The summed E-state index contributed by atoms with van der Waals surface area (Å²) in [5.74, 6) is 0.640. The zero-order chi connectivity index (χ0) is 11.8. The Morgan fingerprint density at radius 3 is 2.71 bits per heavy atom. The number of benzene rings is 1. The van der Waals surface area contributed by atoms with Crippen molar-refractivity contribution in [3.63, 3.8) is 0 Å². The average Bonchev–Trinajstić information content (AvgIpc) is 2.82. The van der Waals surface area contributed by atoms with Crippen molar-refractivity contribution in [3.05, 3.63) is 46.9 Å². The van der Waals surface area contributed by atoms with E-state index in [-0.39, 0.29) is 5.28 Å². The zero-order valence-corrected chi connectivity index (χ0v) is 10.0. The molecule has 84 valence electrons. The summed E-state index contributed by atoms with van der Waals surface area (Å²) in [6, 6.07) is 8.97. The highest BCUT2D eigenvalue weighted by molar-refractivity contribution is 6.31. The molecule has 0 radical (unpaired) electrons. The molecule has 3 aromatic rings. The van der Waals surface area contributed by atoms with E-state index in [2.05, 4.69) is 9.97 Å². The first-order chi connectivity index (χ1) is 8.24. The number of hydrogen-bond donors (Lipinski definition) is 0. The summed E-state index contributed by atoms with van der Waals surface area (Å²) in [6.45, 7) is 0. The van der Waals surface area contributed by atoms with E-state index in [4.69, 9.17) is 27.6 Å². The van der Waals surface area contributed by atoms with Gasteiger partial charge in [-0.1, -0.05) is 11.6 Å². The summed E-state index contributed by atoms with van der Waals surface area (Å²) in [5, 5.41) is 1.62. The monoisotopic (exact) mass is 264 g/mol. The van der Waals surface area contributed by atoms with E-state index >= 15 is 0 Å². The lowest BCUT2D eigenvalue weighted by atomic mass is 10.1. The van der Waals surface area contributed by atoms with Crippen molar-refractivity contribution in [1.82, 2.24) is 9.97 Å². The Labute approximate surface area is 107 Å². The number of rotatable bonds is 1. The predicted molar refractivity (Wildman–Crippen MR) is 67.3 cm³/mol. The van der Waals surface area contributed by atoms with E-state index in [0.29, 0.717) is 16.5 Å². The Hall–Kier alpha value is -1.58. The van der Waals surface area contributed by atoms with Gasteiger partial charge in [-0.3, -0.25) is 0 Å². The lowest BCUT2D eigenvalue weighted by molar-refractivity contribution is 0.580. The van der Waals surface area contributed by atoms with Crippen LogP contribution in [0.3, 0.4) is 0 Å². The Kier molecular flexibility index (Phi) is 2.50. The lowest BCUT2D eigenvalue weighted by Crippen LogP contribution is -1.90.